The summed E-state index contributed by atoms with van der Waals surface area (Å²) in [5, 5.41) is 0.702. The van der Waals surface area contributed by atoms with Crippen LogP contribution in [0.25, 0.3) is 21.3 Å². The van der Waals surface area contributed by atoms with Crippen LogP contribution in [0, 0.1) is 12.3 Å². The number of thiophene rings is 1. The van der Waals surface area contributed by atoms with E-state index in [0.29, 0.717) is 11.8 Å². The second-order valence-electron chi connectivity index (χ2n) is 7.74. The van der Waals surface area contributed by atoms with Crippen LogP contribution in [0.2, 0.25) is 0 Å². The second-order valence-corrected chi connectivity index (χ2v) is 8.82. The summed E-state index contributed by atoms with van der Waals surface area (Å²) in [6, 6.07) is 8.57. The summed E-state index contributed by atoms with van der Waals surface area (Å²) >= 11 is 1.62. The van der Waals surface area contributed by atoms with Crippen molar-refractivity contribution in [3.8, 4) is 23.5 Å². The van der Waals surface area contributed by atoms with Crippen molar-refractivity contribution >= 4 is 21.6 Å². The molecule has 0 saturated heterocycles. The minimum absolute atomic E-state index is 0.0272. The van der Waals surface area contributed by atoms with Crippen LogP contribution in [0.15, 0.2) is 29.1 Å². The molecule has 2 heterocycles. The van der Waals surface area contributed by atoms with Gasteiger partial charge in [0.2, 0.25) is 0 Å². The first-order valence-electron chi connectivity index (χ1n) is 9.41. The van der Waals surface area contributed by atoms with Crippen molar-refractivity contribution in [1.29, 1.82) is 0 Å². The van der Waals surface area contributed by atoms with Gasteiger partial charge in [-0.2, -0.15) is 0 Å². The van der Waals surface area contributed by atoms with Crippen LogP contribution in [0.3, 0.4) is 0 Å². The number of nitrogens with zero attached hydrogens (tertiary/aromatic N) is 2. The van der Waals surface area contributed by atoms with E-state index in [1.807, 2.05) is 6.92 Å². The lowest BCUT2D eigenvalue weighted by molar-refractivity contribution is 0.590. The Morgan fingerprint density at radius 3 is 2.33 bits per heavy atom. The third-order valence-corrected chi connectivity index (χ3v) is 6.12. The fraction of sp³-hybridized carbons (Fsp3) is 0.391. The van der Waals surface area contributed by atoms with Gasteiger partial charge in [0.15, 0.2) is 0 Å². The van der Waals surface area contributed by atoms with Gasteiger partial charge in [-0.3, -0.25) is 9.36 Å². The molecule has 0 saturated carbocycles. The van der Waals surface area contributed by atoms with Crippen molar-refractivity contribution in [2.24, 2.45) is 0 Å². The third-order valence-electron chi connectivity index (χ3n) is 4.89. The molecule has 2 aromatic heterocycles. The number of fused-ring (bicyclic) bond motifs is 1. The predicted molar refractivity (Wildman–Crippen MR) is 116 cm³/mol. The topological polar surface area (TPSA) is 34.9 Å². The molecule has 3 nitrogen and oxygen atoms in total. The van der Waals surface area contributed by atoms with E-state index in [1.54, 1.807) is 15.9 Å². The van der Waals surface area contributed by atoms with E-state index < -0.39 is 0 Å². The molecule has 0 aliphatic heterocycles. The lowest BCUT2D eigenvalue weighted by Crippen LogP contribution is -2.24. The monoisotopic (exact) mass is 378 g/mol. The molecule has 3 aromatic rings. The Kier molecular flexibility index (Phi) is 5.26. The maximum atomic E-state index is 13.3. The average molecular weight is 379 g/mol. The van der Waals surface area contributed by atoms with Crippen molar-refractivity contribution in [1.82, 2.24) is 9.55 Å². The molecule has 0 aliphatic rings. The van der Waals surface area contributed by atoms with E-state index in [9.17, 15) is 4.79 Å². The van der Waals surface area contributed by atoms with Crippen molar-refractivity contribution < 1.29 is 0 Å². The number of benzene rings is 1. The Hall–Kier alpha value is -2.38. The Balaban J connectivity index is 2.30. The molecule has 3 rings (SSSR count). The van der Waals surface area contributed by atoms with Gasteiger partial charge in [-0.25, -0.2) is 4.98 Å². The van der Waals surface area contributed by atoms with Crippen molar-refractivity contribution in [3.05, 3.63) is 50.9 Å². The molecule has 0 N–H and O–H groups in total. The minimum atomic E-state index is -0.0272. The van der Waals surface area contributed by atoms with Crippen molar-refractivity contribution in [2.45, 2.75) is 59.4 Å². The number of aromatic nitrogens is 2. The highest BCUT2D eigenvalue weighted by molar-refractivity contribution is 7.19. The predicted octanol–water partition coefficient (Wildman–Crippen LogP) is 5.18. The van der Waals surface area contributed by atoms with Gasteiger partial charge < -0.3 is 0 Å². The quantitative estimate of drug-likeness (QED) is 0.586. The summed E-state index contributed by atoms with van der Waals surface area (Å²) in [7, 11) is 0. The molecule has 0 radical (unpaired) electrons. The van der Waals surface area contributed by atoms with E-state index in [-0.39, 0.29) is 17.5 Å². The average Bonchev–Trinajstić information content (AvgIpc) is 3.02. The summed E-state index contributed by atoms with van der Waals surface area (Å²) < 4.78 is 1.64. The molecule has 1 aromatic carbocycles. The first-order valence-corrected chi connectivity index (χ1v) is 10.2. The summed E-state index contributed by atoms with van der Waals surface area (Å²) in [6.07, 6.45) is 7.05. The molecule has 0 fully saturated rings. The molecule has 0 aliphatic carbocycles. The van der Waals surface area contributed by atoms with Crippen LogP contribution in [0.1, 0.15) is 50.9 Å². The molecule has 27 heavy (non-hydrogen) atoms. The normalized spacial score (nSPS) is 11.7. The van der Waals surface area contributed by atoms with Gasteiger partial charge in [0.25, 0.3) is 5.56 Å². The Morgan fingerprint density at radius 2 is 1.81 bits per heavy atom. The van der Waals surface area contributed by atoms with Crippen molar-refractivity contribution in [3.63, 3.8) is 0 Å². The van der Waals surface area contributed by atoms with E-state index in [4.69, 9.17) is 11.4 Å². The Morgan fingerprint density at radius 1 is 1.15 bits per heavy atom. The van der Waals surface area contributed by atoms with Crippen LogP contribution < -0.4 is 5.56 Å². The van der Waals surface area contributed by atoms with E-state index in [0.717, 1.165) is 28.2 Å². The Bertz CT molecular complexity index is 1070. The van der Waals surface area contributed by atoms with Crippen molar-refractivity contribution in [2.75, 3.05) is 0 Å². The molecule has 0 atom stereocenters. The standard InChI is InChI=1S/C23H26N2OS/c1-7-14-25-18(9-3)24-21-20(22(25)26)19(17(8-2)27-21)15-10-12-16(13-11-15)23(4,5)6/h1,10-13H,8-9,14H2,2-6H3. The highest BCUT2D eigenvalue weighted by atomic mass is 32.1. The van der Waals surface area contributed by atoms with E-state index in [1.165, 1.54) is 10.4 Å². The number of rotatable bonds is 4. The molecule has 0 amide bonds. The maximum absolute atomic E-state index is 13.3. The molecule has 140 valence electrons. The number of hydrogen-bond donors (Lipinski definition) is 0. The van der Waals surface area contributed by atoms with Gasteiger partial charge in [0.1, 0.15) is 10.7 Å². The summed E-state index contributed by atoms with van der Waals surface area (Å²) in [6.45, 7) is 11.0. The number of hydrogen-bond acceptors (Lipinski definition) is 3. The zero-order valence-corrected chi connectivity index (χ0v) is 17.5. The fourth-order valence-electron chi connectivity index (χ4n) is 3.39. The second kappa shape index (κ2) is 7.32. The SMILES string of the molecule is C#CCn1c(CC)nc2sc(CC)c(-c3ccc(C(C)(C)C)cc3)c2c1=O. The first-order chi connectivity index (χ1) is 12.8. The van der Waals surface area contributed by atoms with Gasteiger partial charge >= 0.3 is 0 Å². The lowest BCUT2D eigenvalue weighted by Gasteiger charge is -2.19. The number of terminal acetylenes is 1. The number of aryl methyl sites for hydroxylation is 2. The van der Waals surface area contributed by atoms with Crippen LogP contribution in [-0.4, -0.2) is 9.55 Å². The zero-order chi connectivity index (χ0) is 19.8. The molecule has 4 heteroatoms. The van der Waals surface area contributed by atoms with Gasteiger partial charge in [-0.1, -0.05) is 64.8 Å². The molecule has 0 unspecified atom stereocenters. The van der Waals surface area contributed by atoms with E-state index in [2.05, 4.69) is 57.9 Å². The minimum Gasteiger partial charge on any atom is -0.284 e. The highest BCUT2D eigenvalue weighted by Crippen LogP contribution is 2.37. The molecular formula is C23H26N2OS. The van der Waals surface area contributed by atoms with E-state index >= 15 is 0 Å². The molecular weight excluding hydrogens is 352 g/mol. The highest BCUT2D eigenvalue weighted by Gasteiger charge is 2.21. The fourth-order valence-corrected chi connectivity index (χ4v) is 4.53. The van der Waals surface area contributed by atoms with Crippen LogP contribution in [0.5, 0.6) is 0 Å². The van der Waals surface area contributed by atoms with Gasteiger partial charge in [-0.15, -0.1) is 17.8 Å². The third kappa shape index (κ3) is 3.44. The maximum Gasteiger partial charge on any atom is 0.263 e. The van der Waals surface area contributed by atoms with Crippen LogP contribution >= 0.6 is 11.3 Å². The first kappa shape index (κ1) is 19.4. The summed E-state index contributed by atoms with van der Waals surface area (Å²) in [5.41, 5.74) is 3.44. The zero-order valence-electron chi connectivity index (χ0n) is 16.7. The summed E-state index contributed by atoms with van der Waals surface area (Å²) in [5.74, 6) is 3.35. The largest absolute Gasteiger partial charge is 0.284 e. The van der Waals surface area contributed by atoms with Crippen LogP contribution in [-0.2, 0) is 24.8 Å². The molecule has 0 spiro atoms. The lowest BCUT2D eigenvalue weighted by atomic mass is 9.86. The smallest absolute Gasteiger partial charge is 0.263 e. The van der Waals surface area contributed by atoms with Crippen LogP contribution in [0.4, 0.5) is 0 Å². The van der Waals surface area contributed by atoms with Gasteiger partial charge in [-0.05, 0) is 23.0 Å². The summed E-state index contributed by atoms with van der Waals surface area (Å²) in [4.78, 5) is 20.1. The van der Waals surface area contributed by atoms with Gasteiger partial charge in [0, 0.05) is 16.9 Å². The van der Waals surface area contributed by atoms with Gasteiger partial charge in [0.05, 0.1) is 11.9 Å². The molecule has 0 bridgehead atoms. The Labute approximate surface area is 165 Å².